The van der Waals surface area contributed by atoms with E-state index in [0.29, 0.717) is 0 Å². The molecule has 2 atom stereocenters. The maximum absolute atomic E-state index is 6.28. The molecule has 0 saturated carbocycles. The molecule has 0 amide bonds. The van der Waals surface area contributed by atoms with Crippen LogP contribution in [0.5, 0.6) is 0 Å². The quantitative estimate of drug-likeness (QED) is 0.0971. The molecule has 0 N–H and O–H groups in total. The lowest BCUT2D eigenvalue weighted by Crippen LogP contribution is -2.19. The minimum atomic E-state index is 0.195. The molecule has 0 aromatic rings. The molecule has 0 aliphatic heterocycles. The highest BCUT2D eigenvalue weighted by atomic mass is 16.5. The summed E-state index contributed by atoms with van der Waals surface area (Å²) in [6.45, 7) is 12.6. The molecule has 0 radical (unpaired) electrons. The Morgan fingerprint density at radius 1 is 0.452 bits per heavy atom. The zero-order valence-corrected chi connectivity index (χ0v) is 21.7. The van der Waals surface area contributed by atoms with Gasteiger partial charge in [0.1, 0.15) is 0 Å². The van der Waals surface area contributed by atoms with Crippen molar-refractivity contribution >= 4 is 0 Å². The van der Waals surface area contributed by atoms with E-state index in [2.05, 4.69) is 27.0 Å². The van der Waals surface area contributed by atoms with Crippen LogP contribution in [0.15, 0.2) is 25.3 Å². The van der Waals surface area contributed by atoms with Gasteiger partial charge in [0.05, 0.1) is 12.2 Å². The Labute approximate surface area is 197 Å². The normalized spacial score (nSPS) is 13.2. The van der Waals surface area contributed by atoms with Crippen LogP contribution in [0.2, 0.25) is 0 Å². The van der Waals surface area contributed by atoms with E-state index < -0.39 is 0 Å². The van der Waals surface area contributed by atoms with Gasteiger partial charge in [0.15, 0.2) is 0 Å². The lowest BCUT2D eigenvalue weighted by molar-refractivity contribution is 0.0299. The Kier molecular flexibility index (Phi) is 25.2. The third kappa shape index (κ3) is 22.4. The van der Waals surface area contributed by atoms with Gasteiger partial charge in [-0.15, -0.1) is 13.2 Å². The first kappa shape index (κ1) is 30.4. The first-order valence-corrected chi connectivity index (χ1v) is 14.2. The predicted molar refractivity (Wildman–Crippen MR) is 142 cm³/mol. The van der Waals surface area contributed by atoms with E-state index in [1.165, 1.54) is 128 Å². The molecule has 0 bridgehead atoms. The molecule has 1 nitrogen and oxygen atoms in total. The van der Waals surface area contributed by atoms with Crippen LogP contribution in [0, 0.1) is 0 Å². The van der Waals surface area contributed by atoms with Crippen molar-refractivity contribution in [2.24, 2.45) is 0 Å². The van der Waals surface area contributed by atoms with Crippen LogP contribution in [0.1, 0.15) is 155 Å². The van der Waals surface area contributed by atoms with Gasteiger partial charge in [0, 0.05) is 0 Å². The van der Waals surface area contributed by atoms with Crippen molar-refractivity contribution in [3.8, 4) is 0 Å². The predicted octanol–water partition coefficient (Wildman–Crippen LogP) is 10.7. The second-order valence-electron chi connectivity index (χ2n) is 9.63. The van der Waals surface area contributed by atoms with Crippen molar-refractivity contribution in [1.29, 1.82) is 0 Å². The van der Waals surface area contributed by atoms with E-state index >= 15 is 0 Å². The van der Waals surface area contributed by atoms with Crippen LogP contribution in [-0.2, 0) is 4.74 Å². The van der Waals surface area contributed by atoms with Crippen LogP contribution in [-0.4, -0.2) is 12.2 Å². The van der Waals surface area contributed by atoms with Gasteiger partial charge >= 0.3 is 0 Å². The minimum absolute atomic E-state index is 0.195. The number of hydrogen-bond donors (Lipinski definition) is 0. The summed E-state index contributed by atoms with van der Waals surface area (Å²) in [6.07, 6.45) is 34.3. The molecule has 184 valence electrons. The summed E-state index contributed by atoms with van der Waals surface area (Å²) >= 11 is 0. The summed E-state index contributed by atoms with van der Waals surface area (Å²) in [6, 6.07) is 0. The van der Waals surface area contributed by atoms with Crippen molar-refractivity contribution in [2.45, 2.75) is 167 Å². The van der Waals surface area contributed by atoms with Gasteiger partial charge in [-0.1, -0.05) is 154 Å². The fraction of sp³-hybridized carbons (Fsp3) is 0.867. The molecule has 1 heteroatoms. The average Bonchev–Trinajstić information content (AvgIpc) is 2.79. The molecule has 0 saturated heterocycles. The van der Waals surface area contributed by atoms with Gasteiger partial charge in [0.25, 0.3) is 0 Å². The van der Waals surface area contributed by atoms with E-state index in [1.807, 2.05) is 12.2 Å². The summed E-state index contributed by atoms with van der Waals surface area (Å²) < 4.78 is 6.28. The van der Waals surface area contributed by atoms with Crippen LogP contribution < -0.4 is 0 Å². The second-order valence-corrected chi connectivity index (χ2v) is 9.63. The van der Waals surface area contributed by atoms with Crippen molar-refractivity contribution in [3.05, 3.63) is 25.3 Å². The number of hydrogen-bond acceptors (Lipinski definition) is 1. The molecule has 0 aliphatic rings. The van der Waals surface area contributed by atoms with Gasteiger partial charge in [-0.2, -0.15) is 0 Å². The molecule has 0 spiro atoms. The third-order valence-corrected chi connectivity index (χ3v) is 6.56. The fourth-order valence-corrected chi connectivity index (χ4v) is 4.37. The van der Waals surface area contributed by atoms with Gasteiger partial charge in [-0.05, 0) is 12.8 Å². The average molecular weight is 435 g/mol. The van der Waals surface area contributed by atoms with Gasteiger partial charge < -0.3 is 4.74 Å². The molecule has 0 aromatic heterocycles. The Hall–Kier alpha value is -0.560. The summed E-state index contributed by atoms with van der Waals surface area (Å²) in [5, 5.41) is 0. The van der Waals surface area contributed by atoms with E-state index in [9.17, 15) is 0 Å². The van der Waals surface area contributed by atoms with Crippen LogP contribution in [0.3, 0.4) is 0 Å². The largest absolute Gasteiger partial charge is 0.367 e. The Morgan fingerprint density at radius 2 is 0.710 bits per heavy atom. The monoisotopic (exact) mass is 434 g/mol. The summed E-state index contributed by atoms with van der Waals surface area (Å²) in [5.74, 6) is 0. The van der Waals surface area contributed by atoms with E-state index in [-0.39, 0.29) is 12.2 Å². The minimum Gasteiger partial charge on any atom is -0.367 e. The second kappa shape index (κ2) is 25.7. The molecule has 0 rings (SSSR count). The number of ether oxygens (including phenoxy) is 1. The molecular weight excluding hydrogens is 376 g/mol. The molecule has 0 aromatic carbocycles. The standard InChI is InChI=1S/C30H58O/c1-5-9-11-13-15-17-19-21-23-25-27-29(7-3)31-30(8-4)28-26-24-22-20-18-16-14-12-10-6-2/h7-8,29-30H,3-6,9-28H2,1-2H3. The van der Waals surface area contributed by atoms with Gasteiger partial charge in [-0.25, -0.2) is 0 Å². The fourth-order valence-electron chi connectivity index (χ4n) is 4.37. The highest BCUT2D eigenvalue weighted by Gasteiger charge is 2.11. The van der Waals surface area contributed by atoms with Crippen LogP contribution in [0.25, 0.3) is 0 Å². The van der Waals surface area contributed by atoms with Crippen molar-refractivity contribution in [3.63, 3.8) is 0 Å². The number of unbranched alkanes of at least 4 members (excludes halogenated alkanes) is 18. The number of rotatable bonds is 26. The zero-order chi connectivity index (χ0) is 22.8. The molecular formula is C30H58O. The van der Waals surface area contributed by atoms with E-state index in [0.717, 1.165) is 12.8 Å². The zero-order valence-electron chi connectivity index (χ0n) is 21.7. The first-order chi connectivity index (χ1) is 15.3. The smallest absolute Gasteiger partial charge is 0.0761 e. The van der Waals surface area contributed by atoms with Gasteiger partial charge in [-0.3, -0.25) is 0 Å². The molecule has 31 heavy (non-hydrogen) atoms. The topological polar surface area (TPSA) is 9.23 Å². The van der Waals surface area contributed by atoms with Crippen LogP contribution in [0.4, 0.5) is 0 Å². The molecule has 0 fully saturated rings. The molecule has 0 aliphatic carbocycles. The van der Waals surface area contributed by atoms with Crippen molar-refractivity contribution in [2.75, 3.05) is 0 Å². The van der Waals surface area contributed by atoms with Gasteiger partial charge in [0.2, 0.25) is 0 Å². The SMILES string of the molecule is C=CC(CCCCCCCCCCCC)OC(C=C)CCCCCCCCCCCC. The van der Waals surface area contributed by atoms with Crippen LogP contribution >= 0.6 is 0 Å². The van der Waals surface area contributed by atoms with Crippen molar-refractivity contribution in [1.82, 2.24) is 0 Å². The molecule has 2 unspecified atom stereocenters. The lowest BCUT2D eigenvalue weighted by Gasteiger charge is -2.20. The van der Waals surface area contributed by atoms with Crippen molar-refractivity contribution < 1.29 is 4.74 Å². The Bertz CT molecular complexity index is 327. The summed E-state index contributed by atoms with van der Waals surface area (Å²) in [4.78, 5) is 0. The maximum Gasteiger partial charge on any atom is 0.0761 e. The van der Waals surface area contributed by atoms with E-state index in [4.69, 9.17) is 4.74 Å². The lowest BCUT2D eigenvalue weighted by atomic mass is 10.0. The first-order valence-electron chi connectivity index (χ1n) is 14.2. The summed E-state index contributed by atoms with van der Waals surface area (Å²) in [5.41, 5.74) is 0. The highest BCUT2D eigenvalue weighted by molar-refractivity contribution is 4.86. The van der Waals surface area contributed by atoms with E-state index in [1.54, 1.807) is 0 Å². The maximum atomic E-state index is 6.28. The highest BCUT2D eigenvalue weighted by Crippen LogP contribution is 2.18. The summed E-state index contributed by atoms with van der Waals surface area (Å²) in [7, 11) is 0. The Balaban J connectivity index is 3.61. The Morgan fingerprint density at radius 3 is 0.968 bits per heavy atom. The molecule has 0 heterocycles. The third-order valence-electron chi connectivity index (χ3n) is 6.56.